The van der Waals surface area contributed by atoms with Gasteiger partial charge in [-0.2, -0.15) is 0 Å². The normalized spacial score (nSPS) is 16.6. The molecule has 2 heterocycles. The third-order valence-electron chi connectivity index (χ3n) is 5.44. The number of nitrogens with one attached hydrogen (secondary N) is 1. The molecule has 1 fully saturated rings. The van der Waals surface area contributed by atoms with Gasteiger partial charge in [0, 0.05) is 18.8 Å². The third kappa shape index (κ3) is 4.16. The molecular formula is C23H26N4O2. The van der Waals surface area contributed by atoms with Crippen LogP contribution in [0.5, 0.6) is 5.88 Å². The number of carbonyl (C=O) groups is 1. The first kappa shape index (κ1) is 19.2. The number of aromatic nitrogens is 2. The standard InChI is InChI=1S/C23H26N4O2/c1-3-16-10-12-18(13-11-16)24-22(28)17-7-6-14-27(15-17)21-23(29-2)26-20-9-5-4-8-19(20)25-21/h4-5,8-13,17H,3,6-7,14-15H2,1-2H3,(H,24,28)/t17-/m1/s1. The fourth-order valence-electron chi connectivity index (χ4n) is 3.77. The molecule has 150 valence electrons. The van der Waals surface area contributed by atoms with Crippen LogP contribution in [0.25, 0.3) is 11.0 Å². The lowest BCUT2D eigenvalue weighted by molar-refractivity contribution is -0.120. The number of para-hydroxylation sites is 2. The van der Waals surface area contributed by atoms with E-state index in [2.05, 4.69) is 34.3 Å². The number of methoxy groups -OCH3 is 1. The van der Waals surface area contributed by atoms with E-state index in [9.17, 15) is 4.79 Å². The van der Waals surface area contributed by atoms with E-state index < -0.39 is 0 Å². The second-order valence-electron chi connectivity index (χ2n) is 7.37. The molecule has 0 unspecified atom stereocenters. The number of amides is 1. The Bertz CT molecular complexity index is 1000. The maximum Gasteiger partial charge on any atom is 0.257 e. The molecule has 1 aliphatic rings. The monoisotopic (exact) mass is 390 g/mol. The van der Waals surface area contributed by atoms with Crippen molar-refractivity contribution in [2.45, 2.75) is 26.2 Å². The Morgan fingerprint density at radius 2 is 1.86 bits per heavy atom. The van der Waals surface area contributed by atoms with Crippen LogP contribution in [0, 0.1) is 5.92 Å². The Hall–Kier alpha value is -3.15. The lowest BCUT2D eigenvalue weighted by Crippen LogP contribution is -2.41. The molecule has 1 amide bonds. The van der Waals surface area contributed by atoms with Gasteiger partial charge in [0.15, 0.2) is 5.82 Å². The Balaban J connectivity index is 1.51. The number of ether oxygens (including phenoxy) is 1. The van der Waals surface area contributed by atoms with Crippen molar-refractivity contribution < 1.29 is 9.53 Å². The Morgan fingerprint density at radius 3 is 2.55 bits per heavy atom. The molecule has 3 aromatic rings. The van der Waals surface area contributed by atoms with Gasteiger partial charge < -0.3 is 15.0 Å². The van der Waals surface area contributed by atoms with Gasteiger partial charge in [-0.25, -0.2) is 9.97 Å². The summed E-state index contributed by atoms with van der Waals surface area (Å²) in [6, 6.07) is 15.8. The van der Waals surface area contributed by atoms with E-state index in [1.165, 1.54) is 5.56 Å². The summed E-state index contributed by atoms with van der Waals surface area (Å²) in [5.74, 6) is 1.15. The van der Waals surface area contributed by atoms with E-state index >= 15 is 0 Å². The van der Waals surface area contributed by atoms with Gasteiger partial charge in [-0.1, -0.05) is 31.2 Å². The van der Waals surface area contributed by atoms with E-state index in [4.69, 9.17) is 9.72 Å². The summed E-state index contributed by atoms with van der Waals surface area (Å²) >= 11 is 0. The molecular weight excluding hydrogens is 364 g/mol. The Kier molecular flexibility index (Phi) is 5.60. The summed E-state index contributed by atoms with van der Waals surface area (Å²) in [5, 5.41) is 3.06. The molecule has 0 spiro atoms. The molecule has 0 saturated carbocycles. The van der Waals surface area contributed by atoms with E-state index in [1.807, 2.05) is 36.4 Å². The zero-order valence-electron chi connectivity index (χ0n) is 16.9. The molecule has 1 saturated heterocycles. The Morgan fingerprint density at radius 1 is 1.14 bits per heavy atom. The van der Waals surface area contributed by atoms with Crippen LogP contribution in [0.1, 0.15) is 25.3 Å². The lowest BCUT2D eigenvalue weighted by atomic mass is 9.97. The average molecular weight is 390 g/mol. The number of nitrogens with zero attached hydrogens (tertiary/aromatic N) is 3. The van der Waals surface area contributed by atoms with Crippen molar-refractivity contribution in [1.29, 1.82) is 0 Å². The molecule has 4 rings (SSSR count). The van der Waals surface area contributed by atoms with E-state index in [-0.39, 0.29) is 11.8 Å². The van der Waals surface area contributed by atoms with E-state index in [0.29, 0.717) is 18.2 Å². The van der Waals surface area contributed by atoms with Crippen molar-refractivity contribution >= 4 is 28.4 Å². The zero-order chi connectivity index (χ0) is 20.2. The van der Waals surface area contributed by atoms with Gasteiger partial charge >= 0.3 is 0 Å². The summed E-state index contributed by atoms with van der Waals surface area (Å²) in [7, 11) is 1.61. The van der Waals surface area contributed by atoms with Gasteiger partial charge in [0.2, 0.25) is 5.91 Å². The van der Waals surface area contributed by atoms with Crippen molar-refractivity contribution in [3.8, 4) is 5.88 Å². The molecule has 6 heteroatoms. The van der Waals surface area contributed by atoms with Crippen LogP contribution < -0.4 is 15.0 Å². The number of aryl methyl sites for hydroxylation is 1. The summed E-state index contributed by atoms with van der Waals surface area (Å²) in [4.78, 5) is 24.3. The average Bonchev–Trinajstić information content (AvgIpc) is 2.78. The SMILES string of the molecule is CCc1ccc(NC(=O)[C@@H]2CCCN(c3nc4ccccc4nc3OC)C2)cc1. The topological polar surface area (TPSA) is 67.4 Å². The van der Waals surface area contributed by atoms with Gasteiger partial charge in [0.05, 0.1) is 24.1 Å². The largest absolute Gasteiger partial charge is 0.478 e. The second-order valence-corrected chi connectivity index (χ2v) is 7.37. The first-order chi connectivity index (χ1) is 14.2. The van der Waals surface area contributed by atoms with Crippen molar-refractivity contribution in [1.82, 2.24) is 9.97 Å². The number of benzene rings is 2. The van der Waals surface area contributed by atoms with Crippen molar-refractivity contribution in [3.63, 3.8) is 0 Å². The molecule has 0 aliphatic carbocycles. The summed E-state index contributed by atoms with van der Waals surface area (Å²) in [6.45, 7) is 3.55. The number of hydrogen-bond acceptors (Lipinski definition) is 5. The number of anilines is 2. The third-order valence-corrected chi connectivity index (χ3v) is 5.44. The van der Waals surface area contributed by atoms with E-state index in [0.717, 1.165) is 42.5 Å². The highest BCUT2D eigenvalue weighted by Gasteiger charge is 2.28. The molecule has 1 atom stereocenters. The second kappa shape index (κ2) is 8.47. The number of hydrogen-bond donors (Lipinski definition) is 1. The number of rotatable bonds is 5. The number of fused-ring (bicyclic) bond motifs is 1. The minimum Gasteiger partial charge on any atom is -0.478 e. The minimum atomic E-state index is -0.104. The van der Waals surface area contributed by atoms with Crippen LogP contribution in [0.3, 0.4) is 0 Å². The van der Waals surface area contributed by atoms with Crippen LogP contribution in [-0.2, 0) is 11.2 Å². The molecule has 29 heavy (non-hydrogen) atoms. The van der Waals surface area contributed by atoms with Crippen LogP contribution in [0.4, 0.5) is 11.5 Å². The molecule has 6 nitrogen and oxygen atoms in total. The first-order valence-corrected chi connectivity index (χ1v) is 10.1. The zero-order valence-corrected chi connectivity index (χ0v) is 16.9. The lowest BCUT2D eigenvalue weighted by Gasteiger charge is -2.33. The minimum absolute atomic E-state index is 0.0478. The highest BCUT2D eigenvalue weighted by molar-refractivity contribution is 5.93. The Labute approximate surface area is 170 Å². The van der Waals surface area contributed by atoms with Gasteiger partial charge in [-0.15, -0.1) is 0 Å². The van der Waals surface area contributed by atoms with Crippen LogP contribution >= 0.6 is 0 Å². The molecule has 1 aliphatic heterocycles. The van der Waals surface area contributed by atoms with Gasteiger partial charge in [-0.05, 0) is 49.1 Å². The number of piperidine rings is 1. The van der Waals surface area contributed by atoms with Crippen molar-refractivity contribution in [3.05, 3.63) is 54.1 Å². The highest BCUT2D eigenvalue weighted by Crippen LogP contribution is 2.30. The summed E-state index contributed by atoms with van der Waals surface area (Å²) < 4.78 is 5.50. The van der Waals surface area contributed by atoms with Crippen molar-refractivity contribution in [2.75, 3.05) is 30.4 Å². The molecule has 2 aromatic carbocycles. The summed E-state index contributed by atoms with van der Waals surface area (Å²) in [6.07, 6.45) is 2.77. The molecule has 1 aromatic heterocycles. The molecule has 0 bridgehead atoms. The van der Waals surface area contributed by atoms with Gasteiger partial charge in [0.25, 0.3) is 5.88 Å². The highest BCUT2D eigenvalue weighted by atomic mass is 16.5. The molecule has 1 N–H and O–H groups in total. The molecule has 0 radical (unpaired) electrons. The smallest absolute Gasteiger partial charge is 0.257 e. The maximum atomic E-state index is 12.9. The first-order valence-electron chi connectivity index (χ1n) is 10.1. The van der Waals surface area contributed by atoms with Crippen molar-refractivity contribution in [2.24, 2.45) is 5.92 Å². The van der Waals surface area contributed by atoms with Crippen LogP contribution in [-0.4, -0.2) is 36.1 Å². The van der Waals surface area contributed by atoms with Gasteiger partial charge in [-0.3, -0.25) is 4.79 Å². The predicted octanol–water partition coefficient (Wildman–Crippen LogP) is 4.06. The van der Waals surface area contributed by atoms with Gasteiger partial charge in [0.1, 0.15) is 0 Å². The summed E-state index contributed by atoms with van der Waals surface area (Å²) in [5.41, 5.74) is 3.72. The van der Waals surface area contributed by atoms with Crippen LogP contribution in [0.15, 0.2) is 48.5 Å². The predicted molar refractivity (Wildman–Crippen MR) is 115 cm³/mol. The fourth-order valence-corrected chi connectivity index (χ4v) is 3.77. The van der Waals surface area contributed by atoms with E-state index in [1.54, 1.807) is 7.11 Å². The van der Waals surface area contributed by atoms with Crippen LogP contribution in [0.2, 0.25) is 0 Å². The maximum absolute atomic E-state index is 12.9. The number of carbonyl (C=O) groups excluding carboxylic acids is 1. The quantitative estimate of drug-likeness (QED) is 0.712. The fraction of sp³-hybridized carbons (Fsp3) is 0.348.